The van der Waals surface area contributed by atoms with E-state index < -0.39 is 0 Å². The van der Waals surface area contributed by atoms with Crippen LogP contribution in [0.3, 0.4) is 0 Å². The molecule has 3 rings (SSSR count). The molecule has 1 fully saturated rings. The fraction of sp³-hybridized carbons (Fsp3) is 0.333. The number of amides is 2. The van der Waals surface area contributed by atoms with Gasteiger partial charge in [-0.2, -0.15) is 0 Å². The average Bonchev–Trinajstić information content (AvgIpc) is 2.69. The summed E-state index contributed by atoms with van der Waals surface area (Å²) in [4.78, 5) is 26.5. The Morgan fingerprint density at radius 3 is 2.46 bits per heavy atom. The molecule has 136 valence electrons. The molecule has 2 aromatic carbocycles. The van der Waals surface area contributed by atoms with Crippen molar-refractivity contribution >= 4 is 11.8 Å². The van der Waals surface area contributed by atoms with Gasteiger partial charge in [0.2, 0.25) is 0 Å². The van der Waals surface area contributed by atoms with Crippen molar-refractivity contribution < 1.29 is 14.3 Å². The third kappa shape index (κ3) is 4.42. The van der Waals surface area contributed by atoms with Crippen LogP contribution in [0, 0.1) is 5.92 Å². The molecule has 0 radical (unpaired) electrons. The van der Waals surface area contributed by atoms with Gasteiger partial charge in [-0.1, -0.05) is 18.2 Å². The minimum absolute atomic E-state index is 0.0865. The predicted octanol–water partition coefficient (Wildman–Crippen LogP) is 4.10. The van der Waals surface area contributed by atoms with Crippen LogP contribution < -0.4 is 10.1 Å². The van der Waals surface area contributed by atoms with Crippen LogP contribution in [0.1, 0.15) is 30.1 Å². The van der Waals surface area contributed by atoms with Crippen LogP contribution in [-0.4, -0.2) is 36.3 Å². The summed E-state index contributed by atoms with van der Waals surface area (Å²) in [7, 11) is 0. The molecule has 5 nitrogen and oxygen atoms in total. The number of hydrogen-bond donors (Lipinski definition) is 1. The van der Waals surface area contributed by atoms with Crippen molar-refractivity contribution in [3.8, 4) is 11.5 Å². The van der Waals surface area contributed by atoms with E-state index in [-0.39, 0.29) is 17.7 Å². The maximum absolute atomic E-state index is 12.8. The molecule has 1 aliphatic rings. The molecule has 1 atom stereocenters. The molecule has 0 aromatic heterocycles. The van der Waals surface area contributed by atoms with Gasteiger partial charge in [0.15, 0.2) is 5.78 Å². The summed E-state index contributed by atoms with van der Waals surface area (Å²) in [6, 6.07) is 16.7. The molecule has 5 heteroatoms. The van der Waals surface area contributed by atoms with E-state index in [4.69, 9.17) is 4.74 Å². The van der Waals surface area contributed by atoms with Crippen molar-refractivity contribution in [1.82, 2.24) is 10.2 Å². The number of Topliss-reactive ketones (excluding diaryl/α,β-unsaturated/α-hetero) is 1. The Kier molecular flexibility index (Phi) is 5.89. The molecule has 0 saturated carbocycles. The number of carbonyl (C=O) groups excluding carboxylic acids is 2. The largest absolute Gasteiger partial charge is 0.457 e. The van der Waals surface area contributed by atoms with Crippen LogP contribution in [-0.2, 0) is 0 Å². The van der Waals surface area contributed by atoms with Gasteiger partial charge in [-0.25, -0.2) is 4.79 Å². The first-order valence-corrected chi connectivity index (χ1v) is 9.07. The number of hydrogen-bond acceptors (Lipinski definition) is 3. The summed E-state index contributed by atoms with van der Waals surface area (Å²) in [5, 5.41) is 2.80. The number of rotatable bonds is 5. The quantitative estimate of drug-likeness (QED) is 0.824. The van der Waals surface area contributed by atoms with Crippen molar-refractivity contribution in [3.05, 3.63) is 60.2 Å². The van der Waals surface area contributed by atoms with Gasteiger partial charge in [0, 0.05) is 31.1 Å². The minimum atomic E-state index is -0.146. The highest BCUT2D eigenvalue weighted by Crippen LogP contribution is 2.24. The van der Waals surface area contributed by atoms with Crippen LogP contribution in [0.25, 0.3) is 0 Å². The number of urea groups is 1. The summed E-state index contributed by atoms with van der Waals surface area (Å²) in [5.41, 5.74) is 0.660. The van der Waals surface area contributed by atoms with Gasteiger partial charge in [-0.3, -0.25) is 4.79 Å². The van der Waals surface area contributed by atoms with Crippen LogP contribution in [0.5, 0.6) is 11.5 Å². The lowest BCUT2D eigenvalue weighted by molar-refractivity contribution is 0.0846. The second-order valence-corrected chi connectivity index (χ2v) is 6.42. The molecule has 1 saturated heterocycles. The summed E-state index contributed by atoms with van der Waals surface area (Å²) < 4.78 is 5.76. The van der Waals surface area contributed by atoms with E-state index in [1.54, 1.807) is 17.0 Å². The first-order valence-electron chi connectivity index (χ1n) is 9.07. The van der Waals surface area contributed by atoms with Gasteiger partial charge in [0.25, 0.3) is 0 Å². The fourth-order valence-electron chi connectivity index (χ4n) is 3.19. The third-order valence-corrected chi connectivity index (χ3v) is 4.53. The molecular weight excluding hydrogens is 328 g/mol. The summed E-state index contributed by atoms with van der Waals surface area (Å²) in [5.74, 6) is 1.40. The molecule has 2 aromatic rings. The first kappa shape index (κ1) is 18.0. The number of ketones is 1. The Labute approximate surface area is 154 Å². The molecule has 0 bridgehead atoms. The van der Waals surface area contributed by atoms with E-state index in [0.29, 0.717) is 30.9 Å². The van der Waals surface area contributed by atoms with E-state index in [1.165, 1.54) is 0 Å². The van der Waals surface area contributed by atoms with Crippen LogP contribution in [0.2, 0.25) is 0 Å². The Morgan fingerprint density at radius 1 is 1.08 bits per heavy atom. The van der Waals surface area contributed by atoms with Crippen molar-refractivity contribution in [3.63, 3.8) is 0 Å². The molecule has 1 aliphatic heterocycles. The number of piperidine rings is 1. The van der Waals surface area contributed by atoms with Gasteiger partial charge >= 0.3 is 6.03 Å². The Hall–Kier alpha value is -2.82. The molecule has 26 heavy (non-hydrogen) atoms. The van der Waals surface area contributed by atoms with Crippen LogP contribution in [0.15, 0.2) is 54.6 Å². The SMILES string of the molecule is CCNC(=O)N1CCC[C@H](C(=O)c2ccc(Oc3ccccc3)cc2)C1. The van der Waals surface area contributed by atoms with Gasteiger partial charge in [0.05, 0.1) is 0 Å². The van der Waals surface area contributed by atoms with E-state index in [9.17, 15) is 9.59 Å². The number of ether oxygens (including phenoxy) is 1. The molecule has 1 heterocycles. The van der Waals surface area contributed by atoms with E-state index in [0.717, 1.165) is 18.6 Å². The van der Waals surface area contributed by atoms with Crippen molar-refractivity contribution in [2.45, 2.75) is 19.8 Å². The topological polar surface area (TPSA) is 58.6 Å². The van der Waals surface area contributed by atoms with Crippen molar-refractivity contribution in [2.75, 3.05) is 19.6 Å². The highest BCUT2D eigenvalue weighted by atomic mass is 16.5. The molecular formula is C21H24N2O3. The number of nitrogens with zero attached hydrogens (tertiary/aromatic N) is 1. The van der Waals surface area contributed by atoms with Gasteiger partial charge in [0.1, 0.15) is 11.5 Å². The van der Waals surface area contributed by atoms with Crippen LogP contribution in [0.4, 0.5) is 4.79 Å². The summed E-state index contributed by atoms with van der Waals surface area (Å²) >= 11 is 0. The molecule has 0 unspecified atom stereocenters. The normalized spacial score (nSPS) is 16.8. The maximum atomic E-state index is 12.8. The molecule has 2 amide bonds. The summed E-state index contributed by atoms with van der Waals surface area (Å²) in [6.07, 6.45) is 1.67. The number of para-hydroxylation sites is 1. The highest BCUT2D eigenvalue weighted by molar-refractivity contribution is 5.98. The zero-order valence-corrected chi connectivity index (χ0v) is 15.0. The predicted molar refractivity (Wildman–Crippen MR) is 101 cm³/mol. The van der Waals surface area contributed by atoms with E-state index >= 15 is 0 Å². The van der Waals surface area contributed by atoms with Gasteiger partial charge < -0.3 is 15.0 Å². The highest BCUT2D eigenvalue weighted by Gasteiger charge is 2.28. The molecule has 1 N–H and O–H groups in total. The number of likely N-dealkylation sites (tertiary alicyclic amines) is 1. The van der Waals surface area contributed by atoms with Gasteiger partial charge in [-0.15, -0.1) is 0 Å². The summed E-state index contributed by atoms with van der Waals surface area (Å²) in [6.45, 7) is 3.67. The minimum Gasteiger partial charge on any atom is -0.457 e. The lowest BCUT2D eigenvalue weighted by Crippen LogP contribution is -2.47. The van der Waals surface area contributed by atoms with Gasteiger partial charge in [-0.05, 0) is 56.2 Å². The number of benzene rings is 2. The van der Waals surface area contributed by atoms with E-state index in [2.05, 4.69) is 5.32 Å². The molecule has 0 aliphatic carbocycles. The Bertz CT molecular complexity index is 744. The third-order valence-electron chi connectivity index (χ3n) is 4.53. The smallest absolute Gasteiger partial charge is 0.317 e. The standard InChI is InChI=1S/C21H24N2O3/c1-2-22-21(25)23-14-6-7-17(15-23)20(24)16-10-12-19(13-11-16)26-18-8-4-3-5-9-18/h3-5,8-13,17H,2,6-7,14-15H2,1H3,(H,22,25)/t17-/m0/s1. The Balaban J connectivity index is 1.63. The Morgan fingerprint density at radius 2 is 1.77 bits per heavy atom. The van der Waals surface area contributed by atoms with Crippen LogP contribution >= 0.6 is 0 Å². The van der Waals surface area contributed by atoms with E-state index in [1.807, 2.05) is 49.4 Å². The zero-order chi connectivity index (χ0) is 18.4. The van der Waals surface area contributed by atoms with Crippen molar-refractivity contribution in [1.29, 1.82) is 0 Å². The lowest BCUT2D eigenvalue weighted by atomic mass is 9.90. The number of carbonyl (C=O) groups is 2. The lowest BCUT2D eigenvalue weighted by Gasteiger charge is -2.32. The monoisotopic (exact) mass is 352 g/mol. The van der Waals surface area contributed by atoms with Crippen molar-refractivity contribution in [2.24, 2.45) is 5.92 Å². The second-order valence-electron chi connectivity index (χ2n) is 6.42. The maximum Gasteiger partial charge on any atom is 0.317 e. The molecule has 0 spiro atoms. The fourth-order valence-corrected chi connectivity index (χ4v) is 3.19. The number of nitrogens with one attached hydrogen (secondary N) is 1. The zero-order valence-electron chi connectivity index (χ0n) is 15.0. The average molecular weight is 352 g/mol. The first-order chi connectivity index (χ1) is 12.7. The second kappa shape index (κ2) is 8.52.